The van der Waals surface area contributed by atoms with E-state index < -0.39 is 0 Å². The van der Waals surface area contributed by atoms with E-state index in [2.05, 4.69) is 5.32 Å². The average Bonchev–Trinajstić information content (AvgIpc) is 3.14. The van der Waals surface area contributed by atoms with Crippen LogP contribution in [0.1, 0.15) is 16.9 Å². The summed E-state index contributed by atoms with van der Waals surface area (Å²) in [5, 5.41) is 2.98. The van der Waals surface area contributed by atoms with Gasteiger partial charge >= 0.3 is 6.03 Å². The van der Waals surface area contributed by atoms with Gasteiger partial charge in [-0.05, 0) is 23.3 Å². The van der Waals surface area contributed by atoms with E-state index in [1.165, 1.54) is 0 Å². The smallest absolute Gasteiger partial charge is 0.318 e. The third-order valence-corrected chi connectivity index (χ3v) is 3.72. The molecule has 3 aromatic rings. The van der Waals surface area contributed by atoms with Crippen molar-refractivity contribution in [1.29, 1.82) is 0 Å². The Labute approximate surface area is 141 Å². The zero-order chi connectivity index (χ0) is 16.6. The predicted octanol–water partition coefficient (Wildman–Crippen LogP) is 4.19. The zero-order valence-corrected chi connectivity index (χ0v) is 13.4. The maximum absolute atomic E-state index is 12.6. The highest BCUT2D eigenvalue weighted by Crippen LogP contribution is 2.11. The standard InChI is InChI=1S/C20H20N2O2/c23-20(21-14-17-8-3-1-4-9-17)22(16-19-12-7-13-24-19)15-18-10-5-2-6-11-18/h1-13H,14-16H2,(H,21,23). The first-order chi connectivity index (χ1) is 11.8. The lowest BCUT2D eigenvalue weighted by Crippen LogP contribution is -2.38. The van der Waals surface area contributed by atoms with Crippen molar-refractivity contribution in [2.24, 2.45) is 0 Å². The molecule has 4 heteroatoms. The summed E-state index contributed by atoms with van der Waals surface area (Å²) in [5.41, 5.74) is 2.16. The number of carbonyl (C=O) groups excluding carboxylic acids is 1. The van der Waals surface area contributed by atoms with Gasteiger partial charge in [-0.2, -0.15) is 0 Å². The van der Waals surface area contributed by atoms with Crippen LogP contribution in [0, 0.1) is 0 Å². The van der Waals surface area contributed by atoms with Gasteiger partial charge in [0.2, 0.25) is 0 Å². The molecule has 0 radical (unpaired) electrons. The predicted molar refractivity (Wildman–Crippen MR) is 93.1 cm³/mol. The first kappa shape index (κ1) is 15.9. The van der Waals surface area contributed by atoms with Gasteiger partial charge in [-0.25, -0.2) is 4.79 Å². The molecule has 0 aliphatic rings. The monoisotopic (exact) mass is 320 g/mol. The maximum Gasteiger partial charge on any atom is 0.318 e. The summed E-state index contributed by atoms with van der Waals surface area (Å²) in [6.07, 6.45) is 1.62. The van der Waals surface area contributed by atoms with Gasteiger partial charge in [0.1, 0.15) is 5.76 Å². The van der Waals surface area contributed by atoms with Crippen molar-refractivity contribution in [2.45, 2.75) is 19.6 Å². The zero-order valence-electron chi connectivity index (χ0n) is 13.4. The number of urea groups is 1. The molecule has 4 nitrogen and oxygen atoms in total. The summed E-state index contributed by atoms with van der Waals surface area (Å²) in [6, 6.07) is 23.4. The first-order valence-electron chi connectivity index (χ1n) is 7.94. The van der Waals surface area contributed by atoms with Gasteiger partial charge in [0.15, 0.2) is 0 Å². The number of hydrogen-bond acceptors (Lipinski definition) is 2. The fourth-order valence-electron chi connectivity index (χ4n) is 2.48. The molecule has 0 aliphatic heterocycles. The van der Waals surface area contributed by atoms with E-state index in [0.717, 1.165) is 16.9 Å². The SMILES string of the molecule is O=C(NCc1ccccc1)N(Cc1ccccc1)Cc1ccco1. The van der Waals surface area contributed by atoms with Crippen molar-refractivity contribution < 1.29 is 9.21 Å². The van der Waals surface area contributed by atoms with E-state index in [1.54, 1.807) is 11.2 Å². The number of nitrogens with zero attached hydrogens (tertiary/aromatic N) is 1. The minimum absolute atomic E-state index is 0.112. The molecule has 0 spiro atoms. The number of furan rings is 1. The molecule has 24 heavy (non-hydrogen) atoms. The Morgan fingerprint density at radius 3 is 2.12 bits per heavy atom. The van der Waals surface area contributed by atoms with Crippen molar-refractivity contribution in [2.75, 3.05) is 0 Å². The Hall–Kier alpha value is -3.01. The molecule has 2 aromatic carbocycles. The summed E-state index contributed by atoms with van der Waals surface area (Å²) in [6.45, 7) is 1.47. The van der Waals surface area contributed by atoms with E-state index in [1.807, 2.05) is 72.8 Å². The largest absolute Gasteiger partial charge is 0.467 e. The molecule has 122 valence electrons. The normalized spacial score (nSPS) is 10.3. The van der Waals surface area contributed by atoms with Crippen LogP contribution in [0.3, 0.4) is 0 Å². The molecule has 0 fully saturated rings. The van der Waals surface area contributed by atoms with Gasteiger partial charge in [-0.1, -0.05) is 60.7 Å². The lowest BCUT2D eigenvalue weighted by atomic mass is 10.2. The minimum atomic E-state index is -0.112. The number of rotatable bonds is 6. The Bertz CT molecular complexity index is 740. The number of amides is 2. The van der Waals surface area contributed by atoms with Crippen LogP contribution in [0.2, 0.25) is 0 Å². The van der Waals surface area contributed by atoms with Gasteiger partial charge in [0, 0.05) is 13.1 Å². The molecule has 1 aromatic heterocycles. The lowest BCUT2D eigenvalue weighted by molar-refractivity contribution is 0.187. The molecule has 3 rings (SSSR count). The minimum Gasteiger partial charge on any atom is -0.467 e. The topological polar surface area (TPSA) is 45.5 Å². The summed E-state index contributed by atoms with van der Waals surface area (Å²) in [7, 11) is 0. The van der Waals surface area contributed by atoms with Crippen LogP contribution in [0.5, 0.6) is 0 Å². The van der Waals surface area contributed by atoms with Gasteiger partial charge < -0.3 is 14.6 Å². The van der Waals surface area contributed by atoms with Gasteiger partial charge in [-0.15, -0.1) is 0 Å². The Balaban J connectivity index is 1.67. The van der Waals surface area contributed by atoms with Gasteiger partial charge in [0.25, 0.3) is 0 Å². The number of benzene rings is 2. The van der Waals surface area contributed by atoms with Crippen LogP contribution in [0.25, 0.3) is 0 Å². The van der Waals surface area contributed by atoms with Gasteiger partial charge in [0.05, 0.1) is 12.8 Å². The number of nitrogens with one attached hydrogen (secondary N) is 1. The Morgan fingerprint density at radius 2 is 1.50 bits per heavy atom. The molecular weight excluding hydrogens is 300 g/mol. The quantitative estimate of drug-likeness (QED) is 0.740. The average molecular weight is 320 g/mol. The highest BCUT2D eigenvalue weighted by atomic mass is 16.3. The van der Waals surface area contributed by atoms with E-state index in [-0.39, 0.29) is 6.03 Å². The van der Waals surface area contributed by atoms with E-state index in [0.29, 0.717) is 19.6 Å². The van der Waals surface area contributed by atoms with Crippen molar-refractivity contribution in [3.63, 3.8) is 0 Å². The third-order valence-electron chi connectivity index (χ3n) is 3.72. The second-order valence-electron chi connectivity index (χ2n) is 5.57. The van der Waals surface area contributed by atoms with Crippen LogP contribution >= 0.6 is 0 Å². The van der Waals surface area contributed by atoms with Crippen LogP contribution in [0.4, 0.5) is 4.79 Å². The van der Waals surface area contributed by atoms with Crippen molar-refractivity contribution in [3.05, 3.63) is 95.9 Å². The van der Waals surface area contributed by atoms with Gasteiger partial charge in [-0.3, -0.25) is 0 Å². The van der Waals surface area contributed by atoms with Crippen molar-refractivity contribution in [3.8, 4) is 0 Å². The fourth-order valence-corrected chi connectivity index (χ4v) is 2.48. The molecule has 0 saturated heterocycles. The molecule has 0 aliphatic carbocycles. The Morgan fingerprint density at radius 1 is 0.833 bits per heavy atom. The molecule has 0 unspecified atom stereocenters. The van der Waals surface area contributed by atoms with Crippen LogP contribution < -0.4 is 5.32 Å². The van der Waals surface area contributed by atoms with Crippen molar-refractivity contribution in [1.82, 2.24) is 10.2 Å². The van der Waals surface area contributed by atoms with E-state index in [9.17, 15) is 4.79 Å². The van der Waals surface area contributed by atoms with Crippen LogP contribution in [0.15, 0.2) is 83.5 Å². The summed E-state index contributed by atoms with van der Waals surface area (Å²) in [4.78, 5) is 14.4. The molecule has 2 amide bonds. The second kappa shape index (κ2) is 8.02. The fraction of sp³-hybridized carbons (Fsp3) is 0.150. The highest BCUT2D eigenvalue weighted by Gasteiger charge is 2.15. The van der Waals surface area contributed by atoms with Crippen LogP contribution in [-0.2, 0) is 19.6 Å². The lowest BCUT2D eigenvalue weighted by Gasteiger charge is -2.22. The molecular formula is C20H20N2O2. The molecule has 0 saturated carbocycles. The first-order valence-corrected chi connectivity index (χ1v) is 7.94. The summed E-state index contributed by atoms with van der Waals surface area (Å²) < 4.78 is 5.39. The number of carbonyl (C=O) groups is 1. The summed E-state index contributed by atoms with van der Waals surface area (Å²) >= 11 is 0. The second-order valence-corrected chi connectivity index (χ2v) is 5.57. The van der Waals surface area contributed by atoms with Crippen molar-refractivity contribution >= 4 is 6.03 Å². The molecule has 0 bridgehead atoms. The molecule has 1 N–H and O–H groups in total. The van der Waals surface area contributed by atoms with E-state index in [4.69, 9.17) is 4.42 Å². The third kappa shape index (κ3) is 4.49. The van der Waals surface area contributed by atoms with Crippen LogP contribution in [-0.4, -0.2) is 10.9 Å². The molecule has 0 atom stereocenters. The highest BCUT2D eigenvalue weighted by molar-refractivity contribution is 5.74. The Kier molecular flexibility index (Phi) is 5.30. The van der Waals surface area contributed by atoms with E-state index >= 15 is 0 Å². The number of hydrogen-bond donors (Lipinski definition) is 1. The summed E-state index contributed by atoms with van der Waals surface area (Å²) in [5.74, 6) is 0.765. The maximum atomic E-state index is 12.6. The molecule has 1 heterocycles.